The van der Waals surface area contributed by atoms with Gasteiger partial charge in [0.2, 0.25) is 0 Å². The van der Waals surface area contributed by atoms with Crippen molar-refractivity contribution >= 4 is 5.69 Å². The van der Waals surface area contributed by atoms with Crippen LogP contribution in [0, 0.1) is 11.3 Å². The van der Waals surface area contributed by atoms with Gasteiger partial charge in [-0.05, 0) is 24.3 Å². The maximum Gasteiger partial charge on any atom is 0.150 e. The second-order valence-corrected chi connectivity index (χ2v) is 3.42. The maximum absolute atomic E-state index is 8.55. The number of rotatable bonds is 4. The molecule has 0 saturated carbocycles. The van der Waals surface area contributed by atoms with Crippen LogP contribution in [0.2, 0.25) is 0 Å². The van der Waals surface area contributed by atoms with Crippen LogP contribution in [0.3, 0.4) is 0 Å². The Labute approximate surface area is 100 Å². The third-order valence-corrected chi connectivity index (χ3v) is 2.22. The van der Waals surface area contributed by atoms with Crippen molar-refractivity contribution in [3.63, 3.8) is 0 Å². The predicted molar refractivity (Wildman–Crippen MR) is 67.1 cm³/mol. The highest BCUT2D eigenvalue weighted by molar-refractivity contribution is 5.57. The fraction of sp³-hybridized carbons (Fsp3) is 0.0714. The Morgan fingerprint density at radius 1 is 1.00 bits per heavy atom. The zero-order chi connectivity index (χ0) is 11.9. The van der Waals surface area contributed by atoms with Crippen LogP contribution in [-0.4, -0.2) is 6.54 Å². The summed E-state index contributed by atoms with van der Waals surface area (Å²) in [4.78, 5) is 0. The van der Waals surface area contributed by atoms with E-state index < -0.39 is 0 Å². The number of benzene rings is 2. The van der Waals surface area contributed by atoms with E-state index in [1.54, 1.807) is 0 Å². The van der Waals surface area contributed by atoms with Crippen molar-refractivity contribution in [3.05, 3.63) is 54.6 Å². The summed E-state index contributed by atoms with van der Waals surface area (Å²) < 4.78 is 5.73. The predicted octanol–water partition coefficient (Wildman–Crippen LogP) is 3.41. The fourth-order valence-electron chi connectivity index (χ4n) is 1.45. The molecule has 2 rings (SSSR count). The number of ether oxygens (including phenoxy) is 1. The molecule has 0 heterocycles. The molecule has 0 unspecified atom stereocenters. The van der Waals surface area contributed by atoms with Gasteiger partial charge in [0.15, 0.2) is 5.75 Å². The minimum atomic E-state index is 0.259. The lowest BCUT2D eigenvalue weighted by Gasteiger charge is -2.10. The van der Waals surface area contributed by atoms with E-state index in [-0.39, 0.29) is 6.54 Å². The Morgan fingerprint density at radius 3 is 2.47 bits per heavy atom. The van der Waals surface area contributed by atoms with E-state index in [9.17, 15) is 0 Å². The molecule has 0 bridgehead atoms. The summed E-state index contributed by atoms with van der Waals surface area (Å²) in [5, 5.41) is 11.6. The molecule has 0 atom stereocenters. The van der Waals surface area contributed by atoms with E-state index in [0.717, 1.165) is 11.4 Å². The van der Waals surface area contributed by atoms with Crippen molar-refractivity contribution in [2.45, 2.75) is 0 Å². The van der Waals surface area contributed by atoms with E-state index in [1.807, 2.05) is 60.7 Å². The molecule has 0 spiro atoms. The molecule has 3 nitrogen and oxygen atoms in total. The first-order valence-electron chi connectivity index (χ1n) is 5.33. The van der Waals surface area contributed by atoms with Gasteiger partial charge >= 0.3 is 0 Å². The average molecular weight is 224 g/mol. The molecule has 0 fully saturated rings. The molecule has 0 aromatic heterocycles. The topological polar surface area (TPSA) is 45.0 Å². The second kappa shape index (κ2) is 5.57. The number of para-hydroxylation sites is 3. The molecule has 0 aliphatic heterocycles. The molecular formula is C14H12N2O. The summed E-state index contributed by atoms with van der Waals surface area (Å²) in [5.41, 5.74) is 0.818. The highest BCUT2D eigenvalue weighted by atomic mass is 16.5. The molecule has 17 heavy (non-hydrogen) atoms. The van der Waals surface area contributed by atoms with E-state index in [1.165, 1.54) is 0 Å². The van der Waals surface area contributed by atoms with Crippen LogP contribution >= 0.6 is 0 Å². The third-order valence-electron chi connectivity index (χ3n) is 2.22. The third kappa shape index (κ3) is 2.99. The summed E-state index contributed by atoms with van der Waals surface area (Å²) in [6.45, 7) is 0.259. The first-order valence-corrected chi connectivity index (χ1v) is 5.33. The largest absolute Gasteiger partial charge is 0.455 e. The number of nitrogens with one attached hydrogen (secondary N) is 1. The molecule has 0 aliphatic carbocycles. The number of hydrogen-bond acceptors (Lipinski definition) is 3. The standard InChI is InChI=1S/C14H12N2O/c15-10-11-16-13-8-4-5-9-14(13)17-12-6-2-1-3-7-12/h1-9,16H,11H2. The van der Waals surface area contributed by atoms with Crippen molar-refractivity contribution in [1.29, 1.82) is 5.26 Å². The molecule has 0 aliphatic rings. The first kappa shape index (κ1) is 11.0. The van der Waals surface area contributed by atoms with Crippen LogP contribution in [0.5, 0.6) is 11.5 Å². The van der Waals surface area contributed by atoms with Gasteiger partial charge in [0.25, 0.3) is 0 Å². The minimum Gasteiger partial charge on any atom is -0.455 e. The lowest BCUT2D eigenvalue weighted by molar-refractivity contribution is 0.484. The molecule has 2 aromatic rings. The molecule has 2 aromatic carbocycles. The van der Waals surface area contributed by atoms with Crippen molar-refractivity contribution in [2.24, 2.45) is 0 Å². The summed E-state index contributed by atoms with van der Waals surface area (Å²) in [7, 11) is 0. The number of anilines is 1. The van der Waals surface area contributed by atoms with Gasteiger partial charge in [0, 0.05) is 0 Å². The van der Waals surface area contributed by atoms with Crippen LogP contribution in [0.15, 0.2) is 54.6 Å². The molecule has 3 heteroatoms. The lowest BCUT2D eigenvalue weighted by Crippen LogP contribution is -2.00. The molecule has 84 valence electrons. The number of nitrogens with zero attached hydrogens (tertiary/aromatic N) is 1. The Hall–Kier alpha value is -2.47. The van der Waals surface area contributed by atoms with Crippen LogP contribution < -0.4 is 10.1 Å². The van der Waals surface area contributed by atoms with Gasteiger partial charge in [-0.3, -0.25) is 0 Å². The van der Waals surface area contributed by atoms with E-state index in [4.69, 9.17) is 10.00 Å². The quantitative estimate of drug-likeness (QED) is 0.809. The Balaban J connectivity index is 2.18. The van der Waals surface area contributed by atoms with Crippen LogP contribution in [0.25, 0.3) is 0 Å². The maximum atomic E-state index is 8.55. The minimum absolute atomic E-state index is 0.259. The van der Waals surface area contributed by atoms with Crippen molar-refractivity contribution < 1.29 is 4.74 Å². The monoisotopic (exact) mass is 224 g/mol. The van der Waals surface area contributed by atoms with E-state index in [0.29, 0.717) is 5.75 Å². The van der Waals surface area contributed by atoms with Gasteiger partial charge < -0.3 is 10.1 Å². The number of nitriles is 1. The highest BCUT2D eigenvalue weighted by Crippen LogP contribution is 2.28. The van der Waals surface area contributed by atoms with Crippen LogP contribution in [0.4, 0.5) is 5.69 Å². The van der Waals surface area contributed by atoms with Crippen LogP contribution in [0.1, 0.15) is 0 Å². The Morgan fingerprint density at radius 2 is 1.71 bits per heavy atom. The van der Waals surface area contributed by atoms with Crippen molar-refractivity contribution in [1.82, 2.24) is 0 Å². The van der Waals surface area contributed by atoms with Crippen molar-refractivity contribution in [2.75, 3.05) is 11.9 Å². The highest BCUT2D eigenvalue weighted by Gasteiger charge is 2.02. The Bertz CT molecular complexity index is 517. The average Bonchev–Trinajstić information content (AvgIpc) is 2.39. The van der Waals surface area contributed by atoms with E-state index >= 15 is 0 Å². The lowest BCUT2D eigenvalue weighted by atomic mass is 10.3. The normalized spacial score (nSPS) is 9.35. The summed E-state index contributed by atoms with van der Waals surface area (Å²) in [5.74, 6) is 1.49. The Kier molecular flexibility index (Phi) is 3.61. The van der Waals surface area contributed by atoms with Gasteiger partial charge in [-0.25, -0.2) is 0 Å². The molecule has 0 amide bonds. The number of hydrogen-bond donors (Lipinski definition) is 1. The summed E-state index contributed by atoms with van der Waals surface area (Å²) in [6, 6.07) is 19.1. The molecule has 0 radical (unpaired) electrons. The SMILES string of the molecule is N#CCNc1ccccc1Oc1ccccc1. The first-order chi connectivity index (χ1) is 8.40. The zero-order valence-electron chi connectivity index (χ0n) is 9.26. The smallest absolute Gasteiger partial charge is 0.150 e. The molecule has 0 saturated heterocycles. The fourth-order valence-corrected chi connectivity index (χ4v) is 1.45. The molecular weight excluding hydrogens is 212 g/mol. The van der Waals surface area contributed by atoms with Gasteiger partial charge in [-0.2, -0.15) is 5.26 Å². The summed E-state index contributed by atoms with van der Waals surface area (Å²) >= 11 is 0. The zero-order valence-corrected chi connectivity index (χ0v) is 9.26. The second-order valence-electron chi connectivity index (χ2n) is 3.42. The van der Waals surface area contributed by atoms with E-state index in [2.05, 4.69) is 5.32 Å². The summed E-state index contributed by atoms with van der Waals surface area (Å²) in [6.07, 6.45) is 0. The van der Waals surface area contributed by atoms with Gasteiger partial charge in [-0.1, -0.05) is 30.3 Å². The van der Waals surface area contributed by atoms with Gasteiger partial charge in [-0.15, -0.1) is 0 Å². The van der Waals surface area contributed by atoms with Crippen LogP contribution in [-0.2, 0) is 0 Å². The van der Waals surface area contributed by atoms with Gasteiger partial charge in [0.1, 0.15) is 12.3 Å². The van der Waals surface area contributed by atoms with Crippen molar-refractivity contribution in [3.8, 4) is 17.6 Å². The molecule has 1 N–H and O–H groups in total. The van der Waals surface area contributed by atoms with Gasteiger partial charge in [0.05, 0.1) is 11.8 Å².